The minimum absolute atomic E-state index is 0.0933. The van der Waals surface area contributed by atoms with Gasteiger partial charge in [0, 0.05) is 12.6 Å². The van der Waals surface area contributed by atoms with E-state index in [0.29, 0.717) is 17.8 Å². The Kier molecular flexibility index (Phi) is 4.55. The highest BCUT2D eigenvalue weighted by atomic mass is 32.1. The Morgan fingerprint density at radius 3 is 2.68 bits per heavy atom. The molecule has 1 aliphatic rings. The van der Waals surface area contributed by atoms with Crippen LogP contribution in [0.5, 0.6) is 5.75 Å². The maximum atomic E-state index is 5.95. The number of methoxy groups -OCH3 is 1. The van der Waals surface area contributed by atoms with Crippen molar-refractivity contribution >= 4 is 11.3 Å². The number of nitrogens with zero attached hydrogens (tertiary/aromatic N) is 3. The smallest absolute Gasteiger partial charge is 0.257 e. The molecule has 0 spiro atoms. The molecule has 6 heteroatoms. The first-order chi connectivity index (χ1) is 12.2. The number of aromatic nitrogens is 2. The third-order valence-electron chi connectivity index (χ3n) is 4.57. The molecular weight excluding hydrogens is 334 g/mol. The van der Waals surface area contributed by atoms with Crippen molar-refractivity contribution in [1.82, 2.24) is 15.1 Å². The molecule has 25 heavy (non-hydrogen) atoms. The van der Waals surface area contributed by atoms with E-state index in [2.05, 4.69) is 34.2 Å². The highest BCUT2D eigenvalue weighted by Gasteiger charge is 2.35. The molecule has 3 aromatic rings. The molecule has 1 fully saturated rings. The van der Waals surface area contributed by atoms with Crippen LogP contribution in [0.1, 0.15) is 37.3 Å². The average Bonchev–Trinajstić information content (AvgIpc) is 3.13. The first-order valence-electron chi connectivity index (χ1n) is 8.50. The van der Waals surface area contributed by atoms with Crippen molar-refractivity contribution in [3.63, 3.8) is 0 Å². The maximum Gasteiger partial charge on any atom is 0.257 e. The van der Waals surface area contributed by atoms with Gasteiger partial charge < -0.3 is 9.15 Å². The van der Waals surface area contributed by atoms with E-state index in [1.165, 1.54) is 18.4 Å². The van der Waals surface area contributed by atoms with E-state index in [1.54, 1.807) is 18.4 Å². The summed E-state index contributed by atoms with van der Waals surface area (Å²) in [5, 5.41) is 10.5. The van der Waals surface area contributed by atoms with Gasteiger partial charge in [-0.3, -0.25) is 4.90 Å². The number of hydrogen-bond acceptors (Lipinski definition) is 6. The summed E-state index contributed by atoms with van der Waals surface area (Å²) in [6.07, 6.45) is 2.46. The van der Waals surface area contributed by atoms with E-state index in [9.17, 15) is 0 Å². The second kappa shape index (κ2) is 6.98. The van der Waals surface area contributed by atoms with Crippen molar-refractivity contribution in [1.29, 1.82) is 0 Å². The van der Waals surface area contributed by atoms with Crippen LogP contribution in [0.2, 0.25) is 0 Å². The minimum Gasteiger partial charge on any atom is -0.497 e. The van der Waals surface area contributed by atoms with Crippen LogP contribution in [-0.2, 0) is 6.54 Å². The number of ether oxygens (including phenoxy) is 1. The Morgan fingerprint density at radius 2 is 2.04 bits per heavy atom. The molecule has 1 aromatic carbocycles. The second-order valence-electron chi connectivity index (χ2n) is 6.35. The van der Waals surface area contributed by atoms with Crippen LogP contribution in [0.25, 0.3) is 10.8 Å². The van der Waals surface area contributed by atoms with Crippen LogP contribution in [-0.4, -0.2) is 28.2 Å². The highest BCUT2D eigenvalue weighted by molar-refractivity contribution is 7.13. The molecule has 0 saturated heterocycles. The molecule has 4 rings (SSSR count). The molecule has 2 aromatic heterocycles. The summed E-state index contributed by atoms with van der Waals surface area (Å²) in [6.45, 7) is 3.01. The number of benzene rings is 1. The van der Waals surface area contributed by atoms with E-state index in [0.717, 1.165) is 17.2 Å². The Labute approximate surface area is 151 Å². The van der Waals surface area contributed by atoms with Gasteiger partial charge in [-0.25, -0.2) is 0 Å². The normalized spacial score (nSPS) is 15.5. The Balaban J connectivity index is 1.52. The van der Waals surface area contributed by atoms with Crippen molar-refractivity contribution in [2.45, 2.75) is 38.4 Å². The molecule has 0 amide bonds. The lowest BCUT2D eigenvalue weighted by Gasteiger charge is -2.26. The summed E-state index contributed by atoms with van der Waals surface area (Å²) in [6, 6.07) is 12.9. The Morgan fingerprint density at radius 1 is 1.24 bits per heavy atom. The molecule has 0 aliphatic heterocycles. The van der Waals surface area contributed by atoms with Crippen LogP contribution in [0.15, 0.2) is 46.2 Å². The third kappa shape index (κ3) is 3.60. The van der Waals surface area contributed by atoms with Crippen LogP contribution < -0.4 is 4.74 Å². The second-order valence-corrected chi connectivity index (χ2v) is 7.30. The molecule has 130 valence electrons. The SMILES string of the molecule is COc1ccc(CN(C2CC2)C(C)c2nnc(-c3cccs3)o2)cc1. The van der Waals surface area contributed by atoms with Crippen LogP contribution in [0.4, 0.5) is 0 Å². The topological polar surface area (TPSA) is 51.4 Å². The van der Waals surface area contributed by atoms with E-state index in [4.69, 9.17) is 9.15 Å². The largest absolute Gasteiger partial charge is 0.497 e. The summed E-state index contributed by atoms with van der Waals surface area (Å²) >= 11 is 1.61. The fourth-order valence-corrected chi connectivity index (χ4v) is 3.62. The summed E-state index contributed by atoms with van der Waals surface area (Å²) in [4.78, 5) is 3.46. The molecule has 2 heterocycles. The molecule has 0 radical (unpaired) electrons. The molecule has 0 N–H and O–H groups in total. The predicted molar refractivity (Wildman–Crippen MR) is 97.6 cm³/mol. The highest BCUT2D eigenvalue weighted by Crippen LogP contribution is 2.36. The molecule has 5 nitrogen and oxygen atoms in total. The maximum absolute atomic E-state index is 5.95. The molecule has 1 unspecified atom stereocenters. The van der Waals surface area contributed by atoms with Crippen LogP contribution in [0.3, 0.4) is 0 Å². The van der Waals surface area contributed by atoms with Crippen molar-refractivity contribution in [3.8, 4) is 16.5 Å². The first kappa shape index (κ1) is 16.3. The number of hydrogen-bond donors (Lipinski definition) is 0. The van der Waals surface area contributed by atoms with Gasteiger partial charge in [-0.2, -0.15) is 0 Å². The fourth-order valence-electron chi connectivity index (χ4n) is 2.98. The van der Waals surface area contributed by atoms with Gasteiger partial charge >= 0.3 is 0 Å². The lowest BCUT2D eigenvalue weighted by Crippen LogP contribution is -2.29. The summed E-state index contributed by atoms with van der Waals surface area (Å²) in [5.74, 6) is 2.17. The lowest BCUT2D eigenvalue weighted by atomic mass is 10.1. The van der Waals surface area contributed by atoms with E-state index >= 15 is 0 Å². The molecule has 1 saturated carbocycles. The van der Waals surface area contributed by atoms with Crippen molar-refractivity contribution in [2.75, 3.05) is 7.11 Å². The van der Waals surface area contributed by atoms with Gasteiger partial charge in [0.25, 0.3) is 5.89 Å². The molecule has 1 aliphatic carbocycles. The zero-order valence-electron chi connectivity index (χ0n) is 14.4. The Hall–Kier alpha value is -2.18. The summed E-state index contributed by atoms with van der Waals surface area (Å²) in [7, 11) is 1.69. The van der Waals surface area contributed by atoms with Crippen molar-refractivity contribution < 1.29 is 9.15 Å². The third-order valence-corrected chi connectivity index (χ3v) is 5.43. The monoisotopic (exact) mass is 355 g/mol. The van der Waals surface area contributed by atoms with Gasteiger partial charge in [-0.15, -0.1) is 21.5 Å². The number of rotatable bonds is 7. The fraction of sp³-hybridized carbons (Fsp3) is 0.368. The van der Waals surface area contributed by atoms with Crippen molar-refractivity contribution in [2.24, 2.45) is 0 Å². The standard InChI is InChI=1S/C19H21N3O2S/c1-13(18-20-21-19(24-18)17-4-3-11-25-17)22(15-7-8-15)12-14-5-9-16(23-2)10-6-14/h3-6,9-11,13,15H,7-8,12H2,1-2H3. The first-order valence-corrected chi connectivity index (χ1v) is 9.38. The van der Waals surface area contributed by atoms with E-state index in [1.807, 2.05) is 29.6 Å². The summed E-state index contributed by atoms with van der Waals surface area (Å²) in [5.41, 5.74) is 1.26. The lowest BCUT2D eigenvalue weighted by molar-refractivity contribution is 0.165. The Bertz CT molecular complexity index is 810. The van der Waals surface area contributed by atoms with E-state index in [-0.39, 0.29) is 6.04 Å². The quantitative estimate of drug-likeness (QED) is 0.623. The minimum atomic E-state index is 0.0933. The molecular formula is C19H21N3O2S. The zero-order chi connectivity index (χ0) is 17.2. The van der Waals surface area contributed by atoms with Gasteiger partial charge in [0.1, 0.15) is 5.75 Å². The molecule has 1 atom stereocenters. The predicted octanol–water partition coefficient (Wildman–Crippen LogP) is 4.53. The average molecular weight is 355 g/mol. The summed E-state index contributed by atoms with van der Waals surface area (Å²) < 4.78 is 11.2. The van der Waals surface area contributed by atoms with Gasteiger partial charge in [0.2, 0.25) is 5.89 Å². The van der Waals surface area contributed by atoms with Crippen LogP contribution in [0, 0.1) is 0 Å². The zero-order valence-corrected chi connectivity index (χ0v) is 15.2. The number of thiophene rings is 1. The van der Waals surface area contributed by atoms with Gasteiger partial charge in [-0.05, 0) is 48.9 Å². The van der Waals surface area contributed by atoms with Crippen LogP contribution >= 0.6 is 11.3 Å². The van der Waals surface area contributed by atoms with E-state index < -0.39 is 0 Å². The van der Waals surface area contributed by atoms with Crippen molar-refractivity contribution in [3.05, 3.63) is 53.2 Å². The van der Waals surface area contributed by atoms with Gasteiger partial charge in [0.05, 0.1) is 18.0 Å². The molecule has 0 bridgehead atoms. The van der Waals surface area contributed by atoms with Gasteiger partial charge in [-0.1, -0.05) is 18.2 Å². The van der Waals surface area contributed by atoms with Gasteiger partial charge in [0.15, 0.2) is 0 Å².